The van der Waals surface area contributed by atoms with Crippen molar-refractivity contribution in [3.8, 4) is 5.69 Å². The summed E-state index contributed by atoms with van der Waals surface area (Å²) in [7, 11) is -0.407. The quantitative estimate of drug-likeness (QED) is 0.195. The summed E-state index contributed by atoms with van der Waals surface area (Å²) in [6.45, 7) is 8.42. The molecular weight excluding hydrogens is 441 g/mol. The molecule has 7 rings (SSSR count). The molecule has 36 heavy (non-hydrogen) atoms. The fourth-order valence-corrected chi connectivity index (χ4v) is 5.67. The molecule has 1 saturated heterocycles. The summed E-state index contributed by atoms with van der Waals surface area (Å²) in [6.07, 6.45) is 0. The van der Waals surface area contributed by atoms with E-state index in [1.807, 2.05) is 0 Å². The van der Waals surface area contributed by atoms with Gasteiger partial charge in [0.1, 0.15) is 0 Å². The van der Waals surface area contributed by atoms with Gasteiger partial charge in [-0.15, -0.1) is 0 Å². The first-order chi connectivity index (χ1) is 17.4. The molecule has 0 spiro atoms. The van der Waals surface area contributed by atoms with E-state index < -0.39 is 7.12 Å². The first-order valence-electron chi connectivity index (χ1n) is 12.6. The number of hydrogen-bond donors (Lipinski definition) is 0. The standard InChI is InChI=1S/C32H28BNO2/c1-31(2)32(3,4)36-33(35-31)21-18-19-24-23-14-8-9-15-25(23)29-26-16-10-11-17-28(26)34(30(29)27(24)20-21)22-12-6-5-7-13-22/h5-20H,1-4H3. The van der Waals surface area contributed by atoms with Gasteiger partial charge in [-0.3, -0.25) is 0 Å². The van der Waals surface area contributed by atoms with Crippen LogP contribution in [0.15, 0.2) is 97.1 Å². The minimum atomic E-state index is -0.407. The zero-order valence-electron chi connectivity index (χ0n) is 21.1. The number of rotatable bonds is 2. The van der Waals surface area contributed by atoms with E-state index in [1.165, 1.54) is 43.4 Å². The SMILES string of the molecule is CC1(C)OB(c2ccc3c4ccccc4c4c5ccccc5n(-c5ccccc5)c4c3c2)OC1(C)C. The van der Waals surface area contributed by atoms with E-state index >= 15 is 0 Å². The molecule has 0 unspecified atom stereocenters. The van der Waals surface area contributed by atoms with Crippen molar-refractivity contribution in [3.63, 3.8) is 0 Å². The second kappa shape index (κ2) is 7.46. The lowest BCUT2D eigenvalue weighted by Crippen LogP contribution is -2.41. The van der Waals surface area contributed by atoms with Crippen LogP contribution < -0.4 is 5.46 Å². The highest BCUT2D eigenvalue weighted by atomic mass is 16.7. The fraction of sp³-hybridized carbons (Fsp3) is 0.188. The van der Waals surface area contributed by atoms with Crippen LogP contribution in [0.2, 0.25) is 0 Å². The number of para-hydroxylation sites is 2. The van der Waals surface area contributed by atoms with Gasteiger partial charge in [0.15, 0.2) is 0 Å². The van der Waals surface area contributed by atoms with Crippen LogP contribution in [0.25, 0.3) is 49.0 Å². The van der Waals surface area contributed by atoms with E-state index in [4.69, 9.17) is 9.31 Å². The number of benzene rings is 5. The molecule has 3 nitrogen and oxygen atoms in total. The van der Waals surface area contributed by atoms with Gasteiger partial charge < -0.3 is 13.9 Å². The highest BCUT2D eigenvalue weighted by Crippen LogP contribution is 2.42. The molecule has 1 aromatic heterocycles. The zero-order chi connectivity index (χ0) is 24.7. The second-order valence-corrected chi connectivity index (χ2v) is 10.9. The molecule has 6 aromatic rings. The van der Waals surface area contributed by atoms with Crippen molar-refractivity contribution in [2.45, 2.75) is 38.9 Å². The van der Waals surface area contributed by atoms with Gasteiger partial charge in [-0.25, -0.2) is 0 Å². The maximum atomic E-state index is 6.44. The number of hydrogen-bond acceptors (Lipinski definition) is 2. The maximum absolute atomic E-state index is 6.44. The summed E-state index contributed by atoms with van der Waals surface area (Å²) in [5.41, 5.74) is 3.85. The smallest absolute Gasteiger partial charge is 0.399 e. The molecular formula is C32H28BNO2. The molecule has 2 heterocycles. The van der Waals surface area contributed by atoms with Crippen LogP contribution >= 0.6 is 0 Å². The normalized spacial score (nSPS) is 17.1. The zero-order valence-corrected chi connectivity index (χ0v) is 21.1. The summed E-state index contributed by atoms with van der Waals surface area (Å²) in [5, 5.41) is 7.51. The Hall–Kier alpha value is -3.60. The Balaban J connectivity index is 1.64. The molecule has 0 aliphatic carbocycles. The third kappa shape index (κ3) is 2.95. The van der Waals surface area contributed by atoms with Crippen molar-refractivity contribution in [2.24, 2.45) is 0 Å². The van der Waals surface area contributed by atoms with Gasteiger partial charge in [0, 0.05) is 21.8 Å². The molecule has 1 aliphatic heterocycles. The fourth-order valence-electron chi connectivity index (χ4n) is 5.67. The van der Waals surface area contributed by atoms with Gasteiger partial charge in [-0.2, -0.15) is 0 Å². The lowest BCUT2D eigenvalue weighted by molar-refractivity contribution is 0.00578. The average molecular weight is 469 g/mol. The molecule has 1 aliphatic rings. The summed E-state index contributed by atoms with van der Waals surface area (Å²) in [6, 6.07) is 34.8. The molecule has 0 amide bonds. The Labute approximate surface area is 211 Å². The second-order valence-electron chi connectivity index (χ2n) is 10.9. The largest absolute Gasteiger partial charge is 0.494 e. The highest BCUT2D eigenvalue weighted by Gasteiger charge is 2.51. The summed E-state index contributed by atoms with van der Waals surface area (Å²) in [4.78, 5) is 0. The lowest BCUT2D eigenvalue weighted by Gasteiger charge is -2.32. The van der Waals surface area contributed by atoms with Crippen molar-refractivity contribution in [1.82, 2.24) is 4.57 Å². The number of fused-ring (bicyclic) bond motifs is 8. The molecule has 0 saturated carbocycles. The first-order valence-corrected chi connectivity index (χ1v) is 12.6. The molecule has 0 atom stereocenters. The Morgan fingerprint density at radius 2 is 1.17 bits per heavy atom. The van der Waals surface area contributed by atoms with E-state index in [0.29, 0.717) is 0 Å². The highest BCUT2D eigenvalue weighted by molar-refractivity contribution is 6.62. The van der Waals surface area contributed by atoms with E-state index in [-0.39, 0.29) is 11.2 Å². The van der Waals surface area contributed by atoms with E-state index in [1.54, 1.807) is 0 Å². The van der Waals surface area contributed by atoms with Crippen molar-refractivity contribution in [2.75, 3.05) is 0 Å². The minimum absolute atomic E-state index is 0.385. The Bertz CT molecular complexity index is 1780. The minimum Gasteiger partial charge on any atom is -0.399 e. The lowest BCUT2D eigenvalue weighted by atomic mass is 9.77. The van der Waals surface area contributed by atoms with Crippen LogP contribution in [0.5, 0.6) is 0 Å². The van der Waals surface area contributed by atoms with Crippen molar-refractivity contribution in [3.05, 3.63) is 97.1 Å². The summed E-state index contributed by atoms with van der Waals surface area (Å²) in [5.74, 6) is 0. The van der Waals surface area contributed by atoms with Gasteiger partial charge in [0.05, 0.1) is 22.2 Å². The molecule has 0 N–H and O–H groups in total. The van der Waals surface area contributed by atoms with Crippen LogP contribution in [0, 0.1) is 0 Å². The Morgan fingerprint density at radius 1 is 0.583 bits per heavy atom. The van der Waals surface area contributed by atoms with E-state index in [9.17, 15) is 0 Å². The van der Waals surface area contributed by atoms with Gasteiger partial charge in [-0.1, -0.05) is 78.9 Å². The molecule has 5 aromatic carbocycles. The molecule has 176 valence electrons. The van der Waals surface area contributed by atoms with E-state index in [0.717, 1.165) is 11.2 Å². The van der Waals surface area contributed by atoms with Crippen LogP contribution in [0.4, 0.5) is 0 Å². The van der Waals surface area contributed by atoms with Gasteiger partial charge in [-0.05, 0) is 67.5 Å². The van der Waals surface area contributed by atoms with Crippen molar-refractivity contribution >= 4 is 55.9 Å². The van der Waals surface area contributed by atoms with Crippen molar-refractivity contribution < 1.29 is 9.31 Å². The Kier molecular flexibility index (Phi) is 4.49. The predicted molar refractivity (Wildman–Crippen MR) is 152 cm³/mol. The third-order valence-electron chi connectivity index (χ3n) is 8.20. The van der Waals surface area contributed by atoms with Crippen LogP contribution in [0.3, 0.4) is 0 Å². The third-order valence-corrected chi connectivity index (χ3v) is 8.20. The molecule has 4 heteroatoms. The number of nitrogens with zero attached hydrogens (tertiary/aromatic N) is 1. The van der Waals surface area contributed by atoms with E-state index in [2.05, 4.69) is 129 Å². The topological polar surface area (TPSA) is 23.4 Å². The summed E-state index contributed by atoms with van der Waals surface area (Å²) >= 11 is 0. The van der Waals surface area contributed by atoms with Gasteiger partial charge in [0.25, 0.3) is 0 Å². The monoisotopic (exact) mass is 469 g/mol. The molecule has 0 bridgehead atoms. The van der Waals surface area contributed by atoms with Crippen LogP contribution in [0.1, 0.15) is 27.7 Å². The van der Waals surface area contributed by atoms with Crippen LogP contribution in [-0.4, -0.2) is 22.9 Å². The predicted octanol–water partition coefficient (Wildman–Crippen LogP) is 7.39. The van der Waals surface area contributed by atoms with Crippen LogP contribution in [-0.2, 0) is 9.31 Å². The maximum Gasteiger partial charge on any atom is 0.494 e. The molecule has 0 radical (unpaired) electrons. The summed E-state index contributed by atoms with van der Waals surface area (Å²) < 4.78 is 15.3. The Morgan fingerprint density at radius 3 is 1.89 bits per heavy atom. The van der Waals surface area contributed by atoms with Gasteiger partial charge in [0.2, 0.25) is 0 Å². The number of aromatic nitrogens is 1. The average Bonchev–Trinajstić information content (AvgIpc) is 3.35. The van der Waals surface area contributed by atoms with Crippen molar-refractivity contribution in [1.29, 1.82) is 0 Å². The first kappa shape index (κ1) is 21.7. The molecule has 1 fully saturated rings. The van der Waals surface area contributed by atoms with Gasteiger partial charge >= 0.3 is 7.12 Å².